The molecule has 0 aliphatic carbocycles. The number of ketones is 1. The molecular formula is C17H19N7O4S. The van der Waals surface area contributed by atoms with Crippen LogP contribution in [0.1, 0.15) is 24.2 Å². The second kappa shape index (κ2) is 8.31. The molecule has 0 unspecified atom stereocenters. The first kappa shape index (κ1) is 20.3. The Morgan fingerprint density at radius 2 is 1.97 bits per heavy atom. The lowest BCUT2D eigenvalue weighted by molar-refractivity contribution is 0.102. The van der Waals surface area contributed by atoms with E-state index in [0.717, 1.165) is 11.8 Å². The summed E-state index contributed by atoms with van der Waals surface area (Å²) in [5.41, 5.74) is 4.81. The van der Waals surface area contributed by atoms with Gasteiger partial charge in [0, 0.05) is 6.54 Å². The number of nitrogen functional groups attached to an aromatic ring is 1. The summed E-state index contributed by atoms with van der Waals surface area (Å²) >= 11 is 1.02. The Bertz CT molecular complexity index is 1150. The number of aromatic nitrogens is 6. The molecule has 0 saturated heterocycles. The number of anilines is 1. The summed E-state index contributed by atoms with van der Waals surface area (Å²) in [5, 5.41) is 21.0. The lowest BCUT2D eigenvalue weighted by Crippen LogP contribution is -2.37. The lowest BCUT2D eigenvalue weighted by atomic mass is 10.2. The van der Waals surface area contributed by atoms with E-state index < -0.39 is 17.0 Å². The molecule has 3 rings (SSSR count). The number of aromatic hydroxyl groups is 1. The van der Waals surface area contributed by atoms with E-state index in [0.29, 0.717) is 10.8 Å². The van der Waals surface area contributed by atoms with Crippen LogP contribution in [0.2, 0.25) is 0 Å². The number of H-pyrrole nitrogens is 1. The van der Waals surface area contributed by atoms with Crippen molar-refractivity contribution in [2.45, 2.75) is 25.5 Å². The van der Waals surface area contributed by atoms with Crippen molar-refractivity contribution in [3.05, 3.63) is 50.7 Å². The van der Waals surface area contributed by atoms with Crippen LogP contribution in [0, 0.1) is 5.92 Å². The minimum atomic E-state index is -0.823. The molecule has 0 saturated carbocycles. The van der Waals surface area contributed by atoms with E-state index in [4.69, 9.17) is 5.73 Å². The average Bonchev–Trinajstić information content (AvgIpc) is 3.12. The highest BCUT2D eigenvalue weighted by Crippen LogP contribution is 2.21. The van der Waals surface area contributed by atoms with Crippen LogP contribution in [-0.4, -0.2) is 46.4 Å². The van der Waals surface area contributed by atoms with E-state index in [2.05, 4.69) is 20.5 Å². The number of benzene rings is 1. The van der Waals surface area contributed by atoms with Gasteiger partial charge in [-0.05, 0) is 40.6 Å². The number of nitrogens with one attached hydrogen (secondary N) is 1. The fourth-order valence-corrected chi connectivity index (χ4v) is 3.39. The Morgan fingerprint density at radius 1 is 1.28 bits per heavy atom. The van der Waals surface area contributed by atoms with Crippen molar-refractivity contribution in [1.82, 2.24) is 29.8 Å². The van der Waals surface area contributed by atoms with Gasteiger partial charge in [-0.3, -0.25) is 19.1 Å². The van der Waals surface area contributed by atoms with Crippen molar-refractivity contribution in [2.75, 3.05) is 11.5 Å². The Hall–Kier alpha value is -3.41. The van der Waals surface area contributed by atoms with Crippen molar-refractivity contribution in [2.24, 2.45) is 5.92 Å². The molecule has 11 nitrogen and oxygen atoms in total. The van der Waals surface area contributed by atoms with Gasteiger partial charge >= 0.3 is 5.69 Å². The van der Waals surface area contributed by atoms with Gasteiger partial charge in [-0.15, -0.1) is 5.10 Å². The number of carbonyl (C=O) groups is 1. The highest BCUT2D eigenvalue weighted by Gasteiger charge is 2.21. The molecule has 0 spiro atoms. The third-order valence-corrected chi connectivity index (χ3v) is 4.85. The van der Waals surface area contributed by atoms with E-state index in [-0.39, 0.29) is 35.3 Å². The molecule has 0 atom stereocenters. The minimum Gasteiger partial charge on any atom is -0.508 e. The summed E-state index contributed by atoms with van der Waals surface area (Å²) in [6.45, 7) is 4.04. The second-order valence-electron chi connectivity index (χ2n) is 6.63. The molecule has 2 aromatic heterocycles. The fraction of sp³-hybridized carbons (Fsp3) is 0.294. The van der Waals surface area contributed by atoms with Crippen LogP contribution in [0.5, 0.6) is 5.75 Å². The van der Waals surface area contributed by atoms with Crippen molar-refractivity contribution in [3.63, 3.8) is 0 Å². The van der Waals surface area contributed by atoms with Crippen LogP contribution in [-0.2, 0) is 6.54 Å². The average molecular weight is 417 g/mol. The zero-order chi connectivity index (χ0) is 21.1. The van der Waals surface area contributed by atoms with Gasteiger partial charge in [-0.2, -0.15) is 4.68 Å². The van der Waals surface area contributed by atoms with E-state index in [1.807, 2.05) is 13.8 Å². The van der Waals surface area contributed by atoms with Gasteiger partial charge in [0.25, 0.3) is 5.56 Å². The van der Waals surface area contributed by atoms with Gasteiger partial charge in [-0.1, -0.05) is 25.6 Å². The molecule has 3 aromatic rings. The van der Waals surface area contributed by atoms with Crippen LogP contribution in [0.3, 0.4) is 0 Å². The van der Waals surface area contributed by atoms with Gasteiger partial charge < -0.3 is 10.8 Å². The van der Waals surface area contributed by atoms with Gasteiger partial charge in [0.2, 0.25) is 5.16 Å². The quantitative estimate of drug-likeness (QED) is 0.365. The number of nitrogens with zero attached hydrogens (tertiary/aromatic N) is 5. The predicted octanol–water partition coefficient (Wildman–Crippen LogP) is 0.431. The molecule has 12 heteroatoms. The van der Waals surface area contributed by atoms with Gasteiger partial charge in [-0.25, -0.2) is 4.79 Å². The van der Waals surface area contributed by atoms with Crippen molar-refractivity contribution < 1.29 is 9.90 Å². The minimum absolute atomic E-state index is 0.0909. The van der Waals surface area contributed by atoms with Crippen LogP contribution in [0.4, 0.5) is 5.82 Å². The normalized spacial score (nSPS) is 11.1. The van der Waals surface area contributed by atoms with E-state index in [9.17, 15) is 19.5 Å². The third kappa shape index (κ3) is 4.37. The number of nitrogens with two attached hydrogens (primary N) is 1. The number of tetrazole rings is 1. The number of thioether (sulfide) groups is 1. The second-order valence-corrected chi connectivity index (χ2v) is 7.57. The van der Waals surface area contributed by atoms with E-state index >= 15 is 0 Å². The van der Waals surface area contributed by atoms with Gasteiger partial charge in [0.1, 0.15) is 17.1 Å². The van der Waals surface area contributed by atoms with E-state index in [1.54, 1.807) is 12.1 Å². The van der Waals surface area contributed by atoms with E-state index in [1.165, 1.54) is 21.4 Å². The SMILES string of the molecule is CC(C)Cn1c(N)c(C(=O)CSc2nnnn2-c2ccc(O)cc2)c(=O)[nH]c1=O. The number of hydrogen-bond acceptors (Lipinski definition) is 9. The fourth-order valence-electron chi connectivity index (χ4n) is 2.63. The Labute approximate surface area is 168 Å². The zero-order valence-electron chi connectivity index (χ0n) is 15.7. The maximum atomic E-state index is 12.7. The third-order valence-electron chi connectivity index (χ3n) is 3.93. The number of phenolic OH excluding ortho intramolecular Hbond substituents is 1. The van der Waals surface area contributed by atoms with Crippen LogP contribution >= 0.6 is 11.8 Å². The summed E-state index contributed by atoms with van der Waals surface area (Å²) in [4.78, 5) is 39.0. The Kier molecular flexibility index (Phi) is 5.82. The smallest absolute Gasteiger partial charge is 0.329 e. The number of phenols is 1. The number of aromatic amines is 1. The lowest BCUT2D eigenvalue weighted by Gasteiger charge is -2.13. The van der Waals surface area contributed by atoms with Crippen LogP contribution in [0.25, 0.3) is 5.69 Å². The van der Waals surface area contributed by atoms with Crippen LogP contribution in [0.15, 0.2) is 39.0 Å². The Morgan fingerprint density at radius 3 is 2.62 bits per heavy atom. The summed E-state index contributed by atoms with van der Waals surface area (Å²) in [6, 6.07) is 6.19. The van der Waals surface area contributed by atoms with Crippen molar-refractivity contribution in [1.29, 1.82) is 0 Å². The predicted molar refractivity (Wildman–Crippen MR) is 106 cm³/mol. The first-order chi connectivity index (χ1) is 13.8. The largest absolute Gasteiger partial charge is 0.508 e. The van der Waals surface area contributed by atoms with Gasteiger partial charge in [0.05, 0.1) is 11.4 Å². The van der Waals surface area contributed by atoms with Crippen molar-refractivity contribution >= 4 is 23.4 Å². The Balaban J connectivity index is 1.84. The first-order valence-corrected chi connectivity index (χ1v) is 9.63. The summed E-state index contributed by atoms with van der Waals surface area (Å²) in [7, 11) is 0. The molecular weight excluding hydrogens is 398 g/mol. The molecule has 0 fully saturated rings. The summed E-state index contributed by atoms with van der Waals surface area (Å²) < 4.78 is 2.58. The number of hydrogen-bond donors (Lipinski definition) is 3. The van der Waals surface area contributed by atoms with Crippen LogP contribution < -0.4 is 17.0 Å². The molecule has 0 aliphatic rings. The molecule has 29 heavy (non-hydrogen) atoms. The molecule has 0 amide bonds. The zero-order valence-corrected chi connectivity index (χ0v) is 16.5. The number of rotatable bonds is 7. The molecule has 0 bridgehead atoms. The summed E-state index contributed by atoms with van der Waals surface area (Å²) in [6.07, 6.45) is 0. The molecule has 4 N–H and O–H groups in total. The highest BCUT2D eigenvalue weighted by molar-refractivity contribution is 7.99. The highest BCUT2D eigenvalue weighted by atomic mass is 32.2. The monoisotopic (exact) mass is 417 g/mol. The summed E-state index contributed by atoms with van der Waals surface area (Å²) in [5.74, 6) is -0.681. The molecule has 152 valence electrons. The maximum absolute atomic E-state index is 12.7. The van der Waals surface area contributed by atoms with Gasteiger partial charge in [0.15, 0.2) is 5.78 Å². The number of Topliss-reactive ketones (excluding diaryl/α,β-unsaturated/α-hetero) is 1. The molecule has 1 aromatic carbocycles. The topological polar surface area (TPSA) is 162 Å². The van der Waals surface area contributed by atoms with Crippen molar-refractivity contribution in [3.8, 4) is 11.4 Å². The number of carbonyl (C=O) groups excluding carboxylic acids is 1. The standard InChI is InChI=1S/C17H19N7O4S/c1-9(2)7-23-14(18)13(15(27)19-16(23)28)12(26)8-29-17-20-21-22-24(17)10-3-5-11(25)6-4-10/h3-6,9,25H,7-8,18H2,1-2H3,(H,19,27,28). The first-order valence-electron chi connectivity index (χ1n) is 8.64. The molecule has 2 heterocycles. The maximum Gasteiger partial charge on any atom is 0.329 e. The molecule has 0 aliphatic heterocycles. The molecule has 0 radical (unpaired) electrons.